The number of hydrogen-bond donors (Lipinski definition) is 0. The van der Waals surface area contributed by atoms with Gasteiger partial charge in [0.15, 0.2) is 15.6 Å². The molecule has 0 N–H and O–H groups in total. The summed E-state index contributed by atoms with van der Waals surface area (Å²) in [6.45, 7) is 5.13. The predicted octanol–water partition coefficient (Wildman–Crippen LogP) is -0.0430. The highest BCUT2D eigenvalue weighted by atomic mass is 32.2. The number of β-lactam (4-membered cyclic amide) rings is 1. The number of carbonyl (C=O) groups excluding carboxylic acids is 2. The molecule has 2 fully saturated rings. The largest absolute Gasteiger partial charge is 0.323 e. The van der Waals surface area contributed by atoms with E-state index in [4.69, 9.17) is 0 Å². The Balaban J connectivity index is 2.32. The SMILES string of the molecule is CC(C)(C)C(=O)C1CN2C(=O)C[C@H]2S1(=O)=O. The first-order valence-electron chi connectivity index (χ1n) is 5.22. The number of nitrogens with zero attached hydrogens (tertiary/aromatic N) is 1. The van der Waals surface area contributed by atoms with Crippen LogP contribution < -0.4 is 0 Å². The van der Waals surface area contributed by atoms with Crippen molar-refractivity contribution in [3.63, 3.8) is 0 Å². The lowest BCUT2D eigenvalue weighted by Crippen LogP contribution is -2.50. The van der Waals surface area contributed by atoms with Gasteiger partial charge in [0.25, 0.3) is 0 Å². The molecule has 16 heavy (non-hydrogen) atoms. The van der Waals surface area contributed by atoms with Gasteiger partial charge in [-0.2, -0.15) is 0 Å². The molecule has 0 aromatic carbocycles. The lowest BCUT2D eigenvalue weighted by Gasteiger charge is -2.31. The van der Waals surface area contributed by atoms with Crippen LogP contribution in [0.2, 0.25) is 0 Å². The van der Waals surface area contributed by atoms with Gasteiger partial charge in [-0.05, 0) is 0 Å². The molecule has 2 rings (SSSR count). The Kier molecular flexibility index (Phi) is 2.21. The van der Waals surface area contributed by atoms with Gasteiger partial charge in [0.2, 0.25) is 5.91 Å². The zero-order chi connectivity index (χ0) is 12.3. The number of fused-ring (bicyclic) bond motifs is 1. The Morgan fingerprint density at radius 1 is 1.38 bits per heavy atom. The topological polar surface area (TPSA) is 71.5 Å². The Morgan fingerprint density at radius 3 is 2.31 bits per heavy atom. The molecule has 2 heterocycles. The smallest absolute Gasteiger partial charge is 0.226 e. The minimum Gasteiger partial charge on any atom is -0.323 e. The van der Waals surface area contributed by atoms with Crippen LogP contribution in [0.1, 0.15) is 27.2 Å². The second-order valence-corrected chi connectivity index (χ2v) is 7.69. The standard InChI is InChI=1S/C10H15NO4S/c1-10(2,3)9(13)6-5-11-7(12)4-8(11)16(6,14)15/h6,8H,4-5H2,1-3H3/t6?,8-/m1/s1. The number of carbonyl (C=O) groups is 2. The Morgan fingerprint density at radius 2 is 1.94 bits per heavy atom. The zero-order valence-corrected chi connectivity index (χ0v) is 10.4. The molecule has 0 aromatic heterocycles. The molecule has 2 saturated heterocycles. The van der Waals surface area contributed by atoms with Crippen molar-refractivity contribution in [3.05, 3.63) is 0 Å². The first kappa shape index (κ1) is 11.6. The molecule has 6 heteroatoms. The fourth-order valence-electron chi connectivity index (χ4n) is 2.13. The zero-order valence-electron chi connectivity index (χ0n) is 9.56. The van der Waals surface area contributed by atoms with Gasteiger partial charge < -0.3 is 4.90 Å². The van der Waals surface area contributed by atoms with Crippen LogP contribution >= 0.6 is 0 Å². The highest BCUT2D eigenvalue weighted by Crippen LogP contribution is 2.37. The van der Waals surface area contributed by atoms with Gasteiger partial charge in [-0.3, -0.25) is 9.59 Å². The van der Waals surface area contributed by atoms with E-state index in [-0.39, 0.29) is 24.7 Å². The van der Waals surface area contributed by atoms with Gasteiger partial charge in [0.05, 0.1) is 6.42 Å². The van der Waals surface area contributed by atoms with Crippen LogP contribution in [0.15, 0.2) is 0 Å². The molecule has 2 atom stereocenters. The van der Waals surface area contributed by atoms with Crippen LogP contribution in [0.25, 0.3) is 0 Å². The average Bonchev–Trinajstić information content (AvgIpc) is 2.31. The summed E-state index contributed by atoms with van der Waals surface area (Å²) in [7, 11) is -3.49. The second kappa shape index (κ2) is 3.06. The number of rotatable bonds is 1. The summed E-state index contributed by atoms with van der Waals surface area (Å²) in [6.07, 6.45) is 0.0380. The summed E-state index contributed by atoms with van der Waals surface area (Å²) in [5.41, 5.74) is -0.689. The quantitative estimate of drug-likeness (QED) is 0.608. The first-order valence-corrected chi connectivity index (χ1v) is 6.83. The molecule has 0 bridgehead atoms. The predicted molar refractivity (Wildman–Crippen MR) is 57.3 cm³/mol. The van der Waals surface area contributed by atoms with Crippen LogP contribution in [-0.2, 0) is 19.4 Å². The van der Waals surface area contributed by atoms with E-state index in [1.807, 2.05) is 0 Å². The fraction of sp³-hybridized carbons (Fsp3) is 0.800. The van der Waals surface area contributed by atoms with Gasteiger partial charge in [-0.25, -0.2) is 8.42 Å². The van der Waals surface area contributed by atoms with Crippen molar-refractivity contribution in [1.29, 1.82) is 0 Å². The van der Waals surface area contributed by atoms with E-state index in [2.05, 4.69) is 0 Å². The van der Waals surface area contributed by atoms with E-state index in [1.165, 1.54) is 4.90 Å². The molecule has 0 radical (unpaired) electrons. The van der Waals surface area contributed by atoms with Crippen LogP contribution in [-0.4, -0.2) is 42.2 Å². The molecule has 5 nitrogen and oxygen atoms in total. The summed E-state index contributed by atoms with van der Waals surface area (Å²) in [6, 6.07) is 0. The Labute approximate surface area is 94.7 Å². The van der Waals surface area contributed by atoms with Crippen molar-refractivity contribution in [1.82, 2.24) is 4.90 Å². The summed E-state index contributed by atoms with van der Waals surface area (Å²) in [4.78, 5) is 24.5. The summed E-state index contributed by atoms with van der Waals surface area (Å²) < 4.78 is 23.9. The fourth-order valence-corrected chi connectivity index (χ4v) is 4.46. The van der Waals surface area contributed by atoms with Crippen molar-refractivity contribution in [3.8, 4) is 0 Å². The molecule has 1 amide bonds. The molecular weight excluding hydrogens is 230 g/mol. The number of hydrogen-bond acceptors (Lipinski definition) is 4. The molecule has 1 unspecified atom stereocenters. The van der Waals surface area contributed by atoms with Crippen LogP contribution in [0.5, 0.6) is 0 Å². The number of sulfone groups is 1. The van der Waals surface area contributed by atoms with E-state index >= 15 is 0 Å². The van der Waals surface area contributed by atoms with Gasteiger partial charge >= 0.3 is 0 Å². The lowest BCUT2D eigenvalue weighted by molar-refractivity contribution is -0.141. The molecule has 0 aliphatic carbocycles. The molecule has 0 spiro atoms. The molecule has 90 valence electrons. The van der Waals surface area contributed by atoms with Crippen LogP contribution in [0, 0.1) is 5.41 Å². The maximum absolute atomic E-state index is 12.0. The summed E-state index contributed by atoms with van der Waals surface area (Å²) in [5.74, 6) is -0.465. The van der Waals surface area contributed by atoms with Gasteiger partial charge in [0, 0.05) is 12.0 Å². The molecule has 2 aliphatic heterocycles. The summed E-state index contributed by atoms with van der Waals surface area (Å²) in [5, 5.41) is -1.76. The van der Waals surface area contributed by atoms with E-state index in [0.717, 1.165) is 0 Å². The maximum atomic E-state index is 12.0. The van der Waals surface area contributed by atoms with Crippen LogP contribution in [0.3, 0.4) is 0 Å². The summed E-state index contributed by atoms with van der Waals surface area (Å²) >= 11 is 0. The maximum Gasteiger partial charge on any atom is 0.226 e. The number of ketones is 1. The van der Waals surface area contributed by atoms with Crippen molar-refractivity contribution in [2.75, 3.05) is 6.54 Å². The van der Waals surface area contributed by atoms with Crippen molar-refractivity contribution < 1.29 is 18.0 Å². The van der Waals surface area contributed by atoms with Gasteiger partial charge in [-0.15, -0.1) is 0 Å². The molecule has 2 aliphatic rings. The van der Waals surface area contributed by atoms with Crippen molar-refractivity contribution >= 4 is 21.5 Å². The van der Waals surface area contributed by atoms with E-state index in [9.17, 15) is 18.0 Å². The second-order valence-electron chi connectivity index (χ2n) is 5.40. The lowest BCUT2D eigenvalue weighted by atomic mass is 9.88. The Bertz CT molecular complexity index is 460. The minimum absolute atomic E-state index is 0.0380. The third kappa shape index (κ3) is 1.39. The highest BCUT2D eigenvalue weighted by Gasteiger charge is 2.58. The van der Waals surface area contributed by atoms with Crippen molar-refractivity contribution in [2.45, 2.75) is 37.8 Å². The van der Waals surface area contributed by atoms with Crippen molar-refractivity contribution in [2.24, 2.45) is 5.41 Å². The monoisotopic (exact) mass is 245 g/mol. The minimum atomic E-state index is -3.49. The normalized spacial score (nSPS) is 32.2. The first-order chi connectivity index (χ1) is 7.15. The van der Waals surface area contributed by atoms with E-state index < -0.39 is 25.9 Å². The van der Waals surface area contributed by atoms with Crippen LogP contribution in [0.4, 0.5) is 0 Å². The Hall–Kier alpha value is -0.910. The number of amides is 1. The highest BCUT2D eigenvalue weighted by molar-refractivity contribution is 7.93. The molecule has 0 aromatic rings. The van der Waals surface area contributed by atoms with E-state index in [0.29, 0.717) is 0 Å². The third-order valence-electron chi connectivity index (χ3n) is 3.19. The molecule has 0 saturated carbocycles. The number of Topliss-reactive ketones (excluding diaryl/α,β-unsaturated/α-hetero) is 1. The van der Waals surface area contributed by atoms with E-state index in [1.54, 1.807) is 20.8 Å². The van der Waals surface area contributed by atoms with Gasteiger partial charge in [0.1, 0.15) is 10.6 Å². The average molecular weight is 245 g/mol. The molecular formula is C10H15NO4S. The van der Waals surface area contributed by atoms with Gasteiger partial charge in [-0.1, -0.05) is 20.8 Å². The third-order valence-corrected chi connectivity index (χ3v) is 5.52.